The van der Waals surface area contributed by atoms with Gasteiger partial charge in [0.05, 0.1) is 36.9 Å². The van der Waals surface area contributed by atoms with Gasteiger partial charge in [-0.1, -0.05) is 17.3 Å². The van der Waals surface area contributed by atoms with Crippen molar-refractivity contribution in [3.8, 4) is 22.9 Å². The van der Waals surface area contributed by atoms with Gasteiger partial charge in [-0.15, -0.1) is 0 Å². The van der Waals surface area contributed by atoms with Gasteiger partial charge in [0, 0.05) is 6.20 Å². The smallest absolute Gasteiger partial charge is 0.139 e. The summed E-state index contributed by atoms with van der Waals surface area (Å²) in [6.45, 7) is 0. The second-order valence-corrected chi connectivity index (χ2v) is 5.14. The Balaban J connectivity index is 2.09. The molecule has 0 radical (unpaired) electrons. The van der Waals surface area contributed by atoms with Crippen molar-refractivity contribution in [3.63, 3.8) is 0 Å². The van der Waals surface area contributed by atoms with Gasteiger partial charge in [0.25, 0.3) is 0 Å². The molecular formula is C19H17N3O3. The molecule has 25 heavy (non-hydrogen) atoms. The fraction of sp³-hybridized carbons (Fsp3) is 0.105. The van der Waals surface area contributed by atoms with E-state index in [-0.39, 0.29) is 5.71 Å². The molecule has 0 fully saturated rings. The van der Waals surface area contributed by atoms with Gasteiger partial charge < -0.3 is 14.7 Å². The summed E-state index contributed by atoms with van der Waals surface area (Å²) in [7, 11) is 3.12. The van der Waals surface area contributed by atoms with Crippen molar-refractivity contribution < 1.29 is 14.7 Å². The van der Waals surface area contributed by atoms with Gasteiger partial charge in [-0.3, -0.25) is 4.98 Å². The Morgan fingerprint density at radius 1 is 0.960 bits per heavy atom. The van der Waals surface area contributed by atoms with Crippen molar-refractivity contribution in [1.29, 1.82) is 0 Å². The van der Waals surface area contributed by atoms with Crippen LogP contribution in [0, 0.1) is 0 Å². The minimum absolute atomic E-state index is 0.286. The maximum absolute atomic E-state index is 9.61. The molecule has 3 aromatic rings. The van der Waals surface area contributed by atoms with E-state index in [9.17, 15) is 5.21 Å². The Hall–Kier alpha value is -3.41. The largest absolute Gasteiger partial charge is 0.497 e. The van der Waals surface area contributed by atoms with Crippen molar-refractivity contribution in [2.24, 2.45) is 5.16 Å². The Kier molecular flexibility index (Phi) is 4.89. The third-order valence-corrected chi connectivity index (χ3v) is 3.68. The zero-order chi connectivity index (χ0) is 17.6. The quantitative estimate of drug-likeness (QED) is 0.439. The summed E-state index contributed by atoms with van der Waals surface area (Å²) in [6.07, 6.45) is 1.70. The van der Waals surface area contributed by atoms with E-state index in [1.807, 2.05) is 30.3 Å². The second-order valence-electron chi connectivity index (χ2n) is 5.14. The third-order valence-electron chi connectivity index (χ3n) is 3.68. The molecule has 0 saturated carbocycles. The first-order valence-corrected chi connectivity index (χ1v) is 7.60. The SMILES string of the molecule is COc1ccc(OC)c(/C(=N/O)c2cccc(-c3ccccn3)n2)c1. The molecule has 0 amide bonds. The van der Waals surface area contributed by atoms with Gasteiger partial charge in [-0.05, 0) is 42.5 Å². The summed E-state index contributed by atoms with van der Waals surface area (Å²) in [5.41, 5.74) is 2.78. The molecule has 2 heterocycles. The van der Waals surface area contributed by atoms with E-state index in [0.717, 1.165) is 5.69 Å². The zero-order valence-corrected chi connectivity index (χ0v) is 13.9. The fourth-order valence-corrected chi connectivity index (χ4v) is 2.47. The lowest BCUT2D eigenvalue weighted by molar-refractivity contribution is 0.319. The lowest BCUT2D eigenvalue weighted by atomic mass is 10.0. The predicted molar refractivity (Wildman–Crippen MR) is 94.4 cm³/mol. The summed E-state index contributed by atoms with van der Waals surface area (Å²) < 4.78 is 10.6. The van der Waals surface area contributed by atoms with Gasteiger partial charge in [0.2, 0.25) is 0 Å². The molecule has 3 rings (SSSR count). The lowest BCUT2D eigenvalue weighted by Crippen LogP contribution is -2.09. The molecule has 0 atom stereocenters. The first kappa shape index (κ1) is 16.4. The molecule has 0 spiro atoms. The van der Waals surface area contributed by atoms with Crippen LogP contribution in [0.2, 0.25) is 0 Å². The highest BCUT2D eigenvalue weighted by Crippen LogP contribution is 2.27. The van der Waals surface area contributed by atoms with Crippen LogP contribution >= 0.6 is 0 Å². The normalized spacial score (nSPS) is 11.2. The Bertz CT molecular complexity index is 895. The Morgan fingerprint density at radius 3 is 2.48 bits per heavy atom. The highest BCUT2D eigenvalue weighted by atomic mass is 16.5. The minimum atomic E-state index is 0.286. The number of nitrogens with zero attached hydrogens (tertiary/aromatic N) is 3. The number of methoxy groups -OCH3 is 2. The highest BCUT2D eigenvalue weighted by Gasteiger charge is 2.17. The van der Waals surface area contributed by atoms with E-state index >= 15 is 0 Å². The van der Waals surface area contributed by atoms with Crippen LogP contribution in [0.25, 0.3) is 11.4 Å². The summed E-state index contributed by atoms with van der Waals surface area (Å²) in [5.74, 6) is 1.18. The number of hydrogen-bond donors (Lipinski definition) is 1. The lowest BCUT2D eigenvalue weighted by Gasteiger charge is -2.12. The summed E-state index contributed by atoms with van der Waals surface area (Å²) in [5, 5.41) is 13.1. The fourth-order valence-electron chi connectivity index (χ4n) is 2.47. The van der Waals surface area contributed by atoms with E-state index in [2.05, 4.69) is 15.1 Å². The predicted octanol–water partition coefficient (Wildman–Crippen LogP) is 3.39. The first-order valence-electron chi connectivity index (χ1n) is 7.60. The molecule has 2 aromatic heterocycles. The monoisotopic (exact) mass is 335 g/mol. The Labute approximate surface area is 145 Å². The van der Waals surface area contributed by atoms with Gasteiger partial charge in [-0.25, -0.2) is 4.98 Å². The molecule has 126 valence electrons. The number of hydrogen-bond acceptors (Lipinski definition) is 6. The highest BCUT2D eigenvalue weighted by molar-refractivity contribution is 6.13. The molecule has 0 aliphatic heterocycles. The van der Waals surface area contributed by atoms with E-state index in [4.69, 9.17) is 9.47 Å². The van der Waals surface area contributed by atoms with Crippen LogP contribution in [0.4, 0.5) is 0 Å². The van der Waals surface area contributed by atoms with E-state index in [1.165, 1.54) is 0 Å². The molecule has 6 heteroatoms. The molecule has 0 saturated heterocycles. The number of ether oxygens (including phenoxy) is 2. The van der Waals surface area contributed by atoms with Gasteiger partial charge in [-0.2, -0.15) is 0 Å². The van der Waals surface area contributed by atoms with Crippen LogP contribution in [0.5, 0.6) is 11.5 Å². The number of rotatable bonds is 5. The number of aromatic nitrogens is 2. The number of pyridine rings is 2. The molecule has 0 aliphatic rings. The Morgan fingerprint density at radius 2 is 1.80 bits per heavy atom. The van der Waals surface area contributed by atoms with Crippen LogP contribution in [-0.2, 0) is 0 Å². The molecule has 0 unspecified atom stereocenters. The molecule has 1 aromatic carbocycles. The molecule has 1 N–H and O–H groups in total. The van der Waals surface area contributed by atoms with Crippen molar-refractivity contribution in [1.82, 2.24) is 9.97 Å². The molecule has 6 nitrogen and oxygen atoms in total. The average molecular weight is 335 g/mol. The molecule has 0 aliphatic carbocycles. The maximum Gasteiger partial charge on any atom is 0.139 e. The van der Waals surface area contributed by atoms with Crippen LogP contribution < -0.4 is 9.47 Å². The van der Waals surface area contributed by atoms with E-state index < -0.39 is 0 Å². The third kappa shape index (κ3) is 3.42. The van der Waals surface area contributed by atoms with Gasteiger partial charge in [0.15, 0.2) is 0 Å². The first-order chi connectivity index (χ1) is 12.3. The maximum atomic E-state index is 9.61. The van der Waals surface area contributed by atoms with Crippen LogP contribution in [-0.4, -0.2) is 35.1 Å². The van der Waals surface area contributed by atoms with Crippen LogP contribution in [0.3, 0.4) is 0 Å². The summed E-state index contributed by atoms with van der Waals surface area (Å²) >= 11 is 0. The van der Waals surface area contributed by atoms with E-state index in [1.54, 1.807) is 44.7 Å². The van der Waals surface area contributed by atoms with Crippen molar-refractivity contribution >= 4 is 5.71 Å². The summed E-state index contributed by atoms with van der Waals surface area (Å²) in [4.78, 5) is 8.87. The van der Waals surface area contributed by atoms with Gasteiger partial charge >= 0.3 is 0 Å². The zero-order valence-electron chi connectivity index (χ0n) is 13.9. The van der Waals surface area contributed by atoms with Crippen LogP contribution in [0.15, 0.2) is 65.9 Å². The van der Waals surface area contributed by atoms with Crippen molar-refractivity contribution in [3.05, 3.63) is 72.1 Å². The second kappa shape index (κ2) is 7.44. The molecular weight excluding hydrogens is 318 g/mol. The topological polar surface area (TPSA) is 76.8 Å². The minimum Gasteiger partial charge on any atom is -0.497 e. The standard InChI is InChI=1S/C19H17N3O3/c1-24-13-9-10-18(25-2)14(12-13)19(22-23)17-8-5-7-16(21-17)15-6-3-4-11-20-15/h3-12,23H,1-2H3/b22-19-. The number of oxime groups is 1. The van der Waals surface area contributed by atoms with Gasteiger partial charge in [0.1, 0.15) is 17.2 Å². The number of benzene rings is 1. The average Bonchev–Trinajstić information content (AvgIpc) is 2.69. The van der Waals surface area contributed by atoms with Crippen molar-refractivity contribution in [2.75, 3.05) is 14.2 Å². The molecule has 0 bridgehead atoms. The summed E-state index contributed by atoms with van der Waals surface area (Å²) in [6, 6.07) is 16.3. The van der Waals surface area contributed by atoms with E-state index in [0.29, 0.717) is 28.5 Å². The van der Waals surface area contributed by atoms with Crippen molar-refractivity contribution in [2.45, 2.75) is 0 Å². The van der Waals surface area contributed by atoms with Crippen LogP contribution in [0.1, 0.15) is 11.3 Å².